The summed E-state index contributed by atoms with van der Waals surface area (Å²) in [6.45, 7) is 3.10. The van der Waals surface area contributed by atoms with Crippen molar-refractivity contribution < 1.29 is 9.47 Å². The first-order valence-electron chi connectivity index (χ1n) is 13.9. The number of hydrogen-bond donors (Lipinski definition) is 0. The van der Waals surface area contributed by atoms with E-state index in [1.165, 1.54) is 107 Å². The van der Waals surface area contributed by atoms with Crippen molar-refractivity contribution in [3.8, 4) is 17.2 Å². The van der Waals surface area contributed by atoms with Gasteiger partial charge in [-0.25, -0.2) is 0 Å². The van der Waals surface area contributed by atoms with Crippen molar-refractivity contribution in [1.82, 2.24) is 0 Å². The van der Waals surface area contributed by atoms with Crippen LogP contribution in [0.2, 0.25) is 0 Å². The van der Waals surface area contributed by atoms with Crippen LogP contribution in [0.25, 0.3) is 0 Å². The SMILES string of the molecule is CCCCCCCCCCCCCCCCCCOc1cccc2c1Cc1ccccc1O2. The van der Waals surface area contributed by atoms with Crippen molar-refractivity contribution in [2.24, 2.45) is 0 Å². The van der Waals surface area contributed by atoms with Gasteiger partial charge in [0.15, 0.2) is 0 Å². The molecule has 0 saturated carbocycles. The fraction of sp³-hybridized carbons (Fsp3) is 0.613. The summed E-state index contributed by atoms with van der Waals surface area (Å²) < 4.78 is 12.2. The number of hydrogen-bond acceptors (Lipinski definition) is 2. The van der Waals surface area contributed by atoms with E-state index in [9.17, 15) is 0 Å². The molecular formula is C31H46O2. The average molecular weight is 451 g/mol. The Morgan fingerprint density at radius 1 is 0.606 bits per heavy atom. The second kappa shape index (κ2) is 15.8. The highest BCUT2D eigenvalue weighted by atomic mass is 16.5. The number of para-hydroxylation sites is 1. The Morgan fingerprint density at radius 3 is 1.79 bits per heavy atom. The first-order chi connectivity index (χ1) is 16.4. The third-order valence-electron chi connectivity index (χ3n) is 6.91. The molecule has 1 aliphatic rings. The van der Waals surface area contributed by atoms with Gasteiger partial charge in [0.05, 0.1) is 6.61 Å². The van der Waals surface area contributed by atoms with Crippen molar-refractivity contribution in [2.75, 3.05) is 6.61 Å². The van der Waals surface area contributed by atoms with Gasteiger partial charge in [0.2, 0.25) is 0 Å². The lowest BCUT2D eigenvalue weighted by molar-refractivity contribution is 0.299. The maximum Gasteiger partial charge on any atom is 0.134 e. The van der Waals surface area contributed by atoms with Crippen molar-refractivity contribution in [1.29, 1.82) is 0 Å². The Balaban J connectivity index is 1.16. The van der Waals surface area contributed by atoms with Crippen molar-refractivity contribution in [2.45, 2.75) is 116 Å². The second-order valence-electron chi connectivity index (χ2n) is 9.77. The average Bonchev–Trinajstić information content (AvgIpc) is 2.84. The lowest BCUT2D eigenvalue weighted by Gasteiger charge is -2.22. The predicted molar refractivity (Wildman–Crippen MR) is 141 cm³/mol. The Kier molecular flexibility index (Phi) is 12.3. The quantitative estimate of drug-likeness (QED) is 0.179. The summed E-state index contributed by atoms with van der Waals surface area (Å²) in [6.07, 6.45) is 23.2. The molecule has 0 N–H and O–H groups in total. The molecule has 182 valence electrons. The molecule has 2 heteroatoms. The standard InChI is InChI=1S/C31H46O2/c1-2-3-4-5-6-7-8-9-10-11-12-13-14-15-16-19-25-32-30-23-20-24-31-28(30)26-27-21-17-18-22-29(27)33-31/h17-18,20-24H,2-16,19,25-26H2,1H3. The largest absolute Gasteiger partial charge is 0.493 e. The molecule has 33 heavy (non-hydrogen) atoms. The molecule has 0 aliphatic carbocycles. The lowest BCUT2D eigenvalue weighted by atomic mass is 9.99. The summed E-state index contributed by atoms with van der Waals surface area (Å²) in [5.74, 6) is 2.90. The molecule has 0 fully saturated rings. The molecule has 0 bridgehead atoms. The van der Waals surface area contributed by atoms with Crippen LogP contribution < -0.4 is 9.47 Å². The third-order valence-corrected chi connectivity index (χ3v) is 6.91. The summed E-state index contributed by atoms with van der Waals surface area (Å²) in [5, 5.41) is 0. The van der Waals surface area contributed by atoms with Gasteiger partial charge in [0.1, 0.15) is 17.2 Å². The maximum atomic E-state index is 6.16. The van der Waals surface area contributed by atoms with Crippen LogP contribution in [0.1, 0.15) is 121 Å². The van der Waals surface area contributed by atoms with E-state index in [0.717, 1.165) is 36.7 Å². The Labute approximate surface area is 203 Å². The summed E-state index contributed by atoms with van der Waals surface area (Å²) in [7, 11) is 0. The number of ether oxygens (including phenoxy) is 2. The van der Waals surface area contributed by atoms with E-state index < -0.39 is 0 Å². The lowest BCUT2D eigenvalue weighted by Crippen LogP contribution is -2.06. The monoisotopic (exact) mass is 450 g/mol. The predicted octanol–water partition coefficient (Wildman–Crippen LogP) is 10.0. The normalized spacial score (nSPS) is 12.2. The molecule has 0 unspecified atom stereocenters. The minimum absolute atomic E-state index is 0.802. The van der Waals surface area contributed by atoms with E-state index >= 15 is 0 Å². The maximum absolute atomic E-state index is 6.16. The van der Waals surface area contributed by atoms with Gasteiger partial charge in [-0.05, 0) is 30.2 Å². The molecule has 0 radical (unpaired) electrons. The molecule has 0 aromatic heterocycles. The van der Waals surface area contributed by atoms with Gasteiger partial charge in [-0.1, -0.05) is 128 Å². The second-order valence-corrected chi connectivity index (χ2v) is 9.77. The van der Waals surface area contributed by atoms with E-state index in [-0.39, 0.29) is 0 Å². The minimum Gasteiger partial charge on any atom is -0.493 e. The van der Waals surface area contributed by atoms with Gasteiger partial charge in [0, 0.05) is 12.0 Å². The van der Waals surface area contributed by atoms with Crippen LogP contribution in [0.3, 0.4) is 0 Å². The van der Waals surface area contributed by atoms with Crippen LogP contribution in [0, 0.1) is 0 Å². The molecule has 2 aromatic carbocycles. The number of unbranched alkanes of at least 4 members (excludes halogenated alkanes) is 15. The highest BCUT2D eigenvalue weighted by molar-refractivity contribution is 5.54. The number of fused-ring (bicyclic) bond motifs is 2. The zero-order valence-corrected chi connectivity index (χ0v) is 21.1. The van der Waals surface area contributed by atoms with E-state index in [4.69, 9.17) is 9.47 Å². The number of benzene rings is 2. The Morgan fingerprint density at radius 2 is 1.15 bits per heavy atom. The topological polar surface area (TPSA) is 18.5 Å². The van der Waals surface area contributed by atoms with Crippen LogP contribution in [0.5, 0.6) is 17.2 Å². The molecule has 0 saturated heterocycles. The molecule has 1 heterocycles. The zero-order valence-electron chi connectivity index (χ0n) is 21.1. The van der Waals surface area contributed by atoms with E-state index in [2.05, 4.69) is 25.1 Å². The summed E-state index contributed by atoms with van der Waals surface area (Å²) in [6, 6.07) is 14.5. The summed E-state index contributed by atoms with van der Waals surface area (Å²) in [5.41, 5.74) is 2.43. The summed E-state index contributed by atoms with van der Waals surface area (Å²) in [4.78, 5) is 0. The van der Waals surface area contributed by atoms with Crippen molar-refractivity contribution in [3.05, 3.63) is 53.6 Å². The molecule has 0 amide bonds. The molecule has 2 nitrogen and oxygen atoms in total. The molecule has 1 aliphatic heterocycles. The van der Waals surface area contributed by atoms with Gasteiger partial charge in [-0.15, -0.1) is 0 Å². The van der Waals surface area contributed by atoms with Gasteiger partial charge < -0.3 is 9.47 Å². The Bertz CT molecular complexity index is 782. The van der Waals surface area contributed by atoms with Crippen LogP contribution >= 0.6 is 0 Å². The first kappa shape index (κ1) is 25.7. The molecule has 3 rings (SSSR count). The van der Waals surface area contributed by atoms with Gasteiger partial charge in [0.25, 0.3) is 0 Å². The van der Waals surface area contributed by atoms with Crippen molar-refractivity contribution >= 4 is 0 Å². The first-order valence-corrected chi connectivity index (χ1v) is 13.9. The fourth-order valence-corrected chi connectivity index (χ4v) is 4.84. The smallest absolute Gasteiger partial charge is 0.134 e. The van der Waals surface area contributed by atoms with Gasteiger partial charge in [-0.2, -0.15) is 0 Å². The van der Waals surface area contributed by atoms with E-state index in [1.54, 1.807) is 0 Å². The van der Waals surface area contributed by atoms with E-state index in [0.29, 0.717) is 0 Å². The number of rotatable bonds is 18. The summed E-state index contributed by atoms with van der Waals surface area (Å²) >= 11 is 0. The fourth-order valence-electron chi connectivity index (χ4n) is 4.84. The molecule has 0 spiro atoms. The zero-order chi connectivity index (χ0) is 23.0. The van der Waals surface area contributed by atoms with E-state index in [1.807, 2.05) is 24.3 Å². The highest BCUT2D eigenvalue weighted by Gasteiger charge is 2.19. The van der Waals surface area contributed by atoms with Crippen LogP contribution in [-0.4, -0.2) is 6.61 Å². The minimum atomic E-state index is 0.802. The molecule has 0 atom stereocenters. The molecule has 2 aromatic rings. The van der Waals surface area contributed by atoms with Crippen molar-refractivity contribution in [3.63, 3.8) is 0 Å². The van der Waals surface area contributed by atoms with Crippen LogP contribution in [0.4, 0.5) is 0 Å². The molecular weight excluding hydrogens is 404 g/mol. The Hall–Kier alpha value is -1.96. The van der Waals surface area contributed by atoms with Crippen LogP contribution in [0.15, 0.2) is 42.5 Å². The van der Waals surface area contributed by atoms with Crippen LogP contribution in [-0.2, 0) is 6.42 Å². The highest BCUT2D eigenvalue weighted by Crippen LogP contribution is 2.40. The van der Waals surface area contributed by atoms with Gasteiger partial charge >= 0.3 is 0 Å². The van der Waals surface area contributed by atoms with Gasteiger partial charge in [-0.3, -0.25) is 0 Å². The third kappa shape index (κ3) is 9.43.